The van der Waals surface area contributed by atoms with Gasteiger partial charge in [-0.3, -0.25) is 14.5 Å². The Morgan fingerprint density at radius 1 is 1.56 bits per heavy atom. The average Bonchev–Trinajstić information content (AvgIpc) is 2.58. The molecule has 16 heavy (non-hydrogen) atoms. The molecule has 1 fully saturated rings. The zero-order valence-corrected chi connectivity index (χ0v) is 9.42. The molecule has 0 aromatic carbocycles. The molecule has 0 aromatic rings. The molecule has 1 rings (SSSR count). The van der Waals surface area contributed by atoms with Crippen LogP contribution in [0.4, 0.5) is 0 Å². The summed E-state index contributed by atoms with van der Waals surface area (Å²) in [5.74, 6) is -1.91. The van der Waals surface area contributed by atoms with Gasteiger partial charge in [0.05, 0.1) is 19.1 Å². The minimum atomic E-state index is -0.912. The molecule has 2 N–H and O–H groups in total. The van der Waals surface area contributed by atoms with Crippen LogP contribution in [-0.2, 0) is 14.3 Å². The third kappa shape index (κ3) is 2.93. The van der Waals surface area contributed by atoms with E-state index in [0.29, 0.717) is 13.0 Å². The Bertz CT molecular complexity index is 280. The molecular formula is C10H17NO5. The van der Waals surface area contributed by atoms with Gasteiger partial charge >= 0.3 is 11.9 Å². The number of ether oxygens (including phenoxy) is 1. The molecule has 0 bridgehead atoms. The Labute approximate surface area is 93.8 Å². The van der Waals surface area contributed by atoms with Crippen molar-refractivity contribution in [1.82, 2.24) is 4.90 Å². The molecule has 6 heteroatoms. The molecule has 3 atom stereocenters. The van der Waals surface area contributed by atoms with E-state index in [1.807, 2.05) is 0 Å². The molecule has 0 aliphatic carbocycles. The van der Waals surface area contributed by atoms with E-state index in [0.717, 1.165) is 0 Å². The topological polar surface area (TPSA) is 87.1 Å². The predicted octanol–water partition coefficient (Wildman–Crippen LogP) is -0.685. The summed E-state index contributed by atoms with van der Waals surface area (Å²) in [4.78, 5) is 23.8. The van der Waals surface area contributed by atoms with Crippen molar-refractivity contribution in [3.8, 4) is 0 Å². The minimum Gasteiger partial charge on any atom is -0.481 e. The van der Waals surface area contributed by atoms with Gasteiger partial charge in [0.25, 0.3) is 0 Å². The maximum Gasteiger partial charge on any atom is 0.323 e. The number of carboxylic acids is 1. The van der Waals surface area contributed by atoms with Crippen LogP contribution in [-0.4, -0.2) is 59.4 Å². The molecule has 0 aromatic heterocycles. The van der Waals surface area contributed by atoms with Crippen LogP contribution in [0.3, 0.4) is 0 Å². The number of carbonyl (C=O) groups excluding carboxylic acids is 1. The summed E-state index contributed by atoms with van der Waals surface area (Å²) in [6, 6.07) is -0.526. The largest absolute Gasteiger partial charge is 0.481 e. The van der Waals surface area contributed by atoms with E-state index in [9.17, 15) is 14.7 Å². The number of hydrogen-bond donors (Lipinski definition) is 2. The molecule has 3 unspecified atom stereocenters. The molecule has 92 valence electrons. The summed E-state index contributed by atoms with van der Waals surface area (Å²) in [6.45, 7) is 2.13. The van der Waals surface area contributed by atoms with Crippen molar-refractivity contribution in [2.24, 2.45) is 5.92 Å². The maximum atomic E-state index is 11.4. The van der Waals surface area contributed by atoms with Gasteiger partial charge in [-0.1, -0.05) is 6.92 Å². The number of esters is 1. The van der Waals surface area contributed by atoms with Crippen molar-refractivity contribution < 1.29 is 24.5 Å². The second kappa shape index (κ2) is 5.27. The lowest BCUT2D eigenvalue weighted by molar-refractivity contribution is -0.148. The van der Waals surface area contributed by atoms with Gasteiger partial charge in [-0.25, -0.2) is 0 Å². The highest BCUT2D eigenvalue weighted by Crippen LogP contribution is 2.20. The zero-order chi connectivity index (χ0) is 12.3. The number of aliphatic hydroxyl groups excluding tert-OH is 1. The van der Waals surface area contributed by atoms with E-state index in [1.165, 1.54) is 7.11 Å². The zero-order valence-electron chi connectivity index (χ0n) is 9.42. The summed E-state index contributed by atoms with van der Waals surface area (Å²) in [5, 5.41) is 18.3. The molecule has 1 heterocycles. The second-order valence-corrected chi connectivity index (χ2v) is 4.12. The van der Waals surface area contributed by atoms with E-state index in [4.69, 9.17) is 5.11 Å². The number of aliphatic hydroxyl groups is 1. The molecule has 0 saturated carbocycles. The molecule has 1 aliphatic rings. The highest BCUT2D eigenvalue weighted by molar-refractivity contribution is 5.76. The minimum absolute atomic E-state index is 0.242. The van der Waals surface area contributed by atoms with Crippen LogP contribution in [0.25, 0.3) is 0 Å². The lowest BCUT2D eigenvalue weighted by Gasteiger charge is -2.23. The second-order valence-electron chi connectivity index (χ2n) is 4.12. The molecule has 0 amide bonds. The Kier molecular flexibility index (Phi) is 4.26. The normalized spacial score (nSPS) is 27.7. The average molecular weight is 231 g/mol. The van der Waals surface area contributed by atoms with Crippen molar-refractivity contribution in [2.75, 3.05) is 20.2 Å². The number of β-amino-alcohol motifs (C(OH)–C–C–N with tert-alkyl or cyclic N) is 1. The third-order valence-corrected chi connectivity index (χ3v) is 2.78. The third-order valence-electron chi connectivity index (χ3n) is 2.78. The van der Waals surface area contributed by atoms with Crippen molar-refractivity contribution in [1.29, 1.82) is 0 Å². The van der Waals surface area contributed by atoms with Gasteiger partial charge in [0.15, 0.2) is 0 Å². The highest BCUT2D eigenvalue weighted by Gasteiger charge is 2.37. The number of nitrogens with zero attached hydrogens (tertiary/aromatic N) is 1. The van der Waals surface area contributed by atoms with Crippen LogP contribution < -0.4 is 0 Å². The fourth-order valence-corrected chi connectivity index (χ4v) is 1.89. The van der Waals surface area contributed by atoms with Gasteiger partial charge in [-0.05, 0) is 0 Å². The first-order chi connectivity index (χ1) is 7.45. The summed E-state index contributed by atoms with van der Waals surface area (Å²) >= 11 is 0. The van der Waals surface area contributed by atoms with Crippen molar-refractivity contribution >= 4 is 11.9 Å². The standard InChI is InChI=1S/C10H17NO5/c1-6(9(13)14)4-11-5-7(12)3-8(11)10(15)16-2/h6-8,12H,3-5H2,1-2H3,(H,13,14). The summed E-state index contributed by atoms with van der Waals surface area (Å²) in [6.07, 6.45) is -0.288. The number of rotatable bonds is 4. The number of carbonyl (C=O) groups is 2. The van der Waals surface area contributed by atoms with Crippen molar-refractivity contribution in [2.45, 2.75) is 25.5 Å². The number of aliphatic carboxylic acids is 1. The van der Waals surface area contributed by atoms with Crippen LogP contribution >= 0.6 is 0 Å². The maximum absolute atomic E-state index is 11.4. The first-order valence-corrected chi connectivity index (χ1v) is 5.18. The first-order valence-electron chi connectivity index (χ1n) is 5.18. The number of carboxylic acid groups (broad SMARTS) is 1. The van der Waals surface area contributed by atoms with Gasteiger partial charge < -0.3 is 14.9 Å². The van der Waals surface area contributed by atoms with E-state index in [1.54, 1.807) is 11.8 Å². The molecule has 6 nitrogen and oxygen atoms in total. The smallest absolute Gasteiger partial charge is 0.323 e. The Hall–Kier alpha value is -1.14. The Morgan fingerprint density at radius 2 is 2.19 bits per heavy atom. The van der Waals surface area contributed by atoms with E-state index < -0.39 is 30.0 Å². The van der Waals surface area contributed by atoms with Crippen LogP contribution in [0.15, 0.2) is 0 Å². The van der Waals surface area contributed by atoms with Gasteiger partial charge in [-0.2, -0.15) is 0 Å². The highest BCUT2D eigenvalue weighted by atomic mass is 16.5. The summed E-state index contributed by atoms with van der Waals surface area (Å²) in [7, 11) is 1.28. The number of methoxy groups -OCH3 is 1. The molecule has 1 aliphatic heterocycles. The van der Waals surface area contributed by atoms with Crippen molar-refractivity contribution in [3.05, 3.63) is 0 Å². The van der Waals surface area contributed by atoms with E-state index in [2.05, 4.69) is 4.74 Å². The van der Waals surface area contributed by atoms with Crippen molar-refractivity contribution in [3.63, 3.8) is 0 Å². The SMILES string of the molecule is COC(=O)C1CC(O)CN1CC(C)C(=O)O. The molecule has 0 radical (unpaired) electrons. The molecular weight excluding hydrogens is 214 g/mol. The Morgan fingerprint density at radius 3 is 2.69 bits per heavy atom. The fraction of sp³-hybridized carbons (Fsp3) is 0.800. The van der Waals surface area contributed by atoms with Gasteiger partial charge in [-0.15, -0.1) is 0 Å². The quantitative estimate of drug-likeness (QED) is 0.623. The fourth-order valence-electron chi connectivity index (χ4n) is 1.89. The van der Waals surface area contributed by atoms with E-state index >= 15 is 0 Å². The van der Waals surface area contributed by atoms with Crippen LogP contribution in [0.1, 0.15) is 13.3 Å². The number of hydrogen-bond acceptors (Lipinski definition) is 5. The molecule has 1 saturated heterocycles. The lowest BCUT2D eigenvalue weighted by Crippen LogP contribution is -2.40. The lowest BCUT2D eigenvalue weighted by atomic mass is 10.1. The predicted molar refractivity (Wildman–Crippen MR) is 54.8 cm³/mol. The van der Waals surface area contributed by atoms with Gasteiger partial charge in [0, 0.05) is 19.5 Å². The van der Waals surface area contributed by atoms with Crippen LogP contribution in [0.5, 0.6) is 0 Å². The first kappa shape index (κ1) is 12.9. The van der Waals surface area contributed by atoms with Crippen LogP contribution in [0.2, 0.25) is 0 Å². The summed E-state index contributed by atoms with van der Waals surface area (Å²) in [5.41, 5.74) is 0. The Balaban J connectivity index is 2.62. The van der Waals surface area contributed by atoms with Crippen LogP contribution in [0, 0.1) is 5.92 Å². The van der Waals surface area contributed by atoms with E-state index in [-0.39, 0.29) is 6.54 Å². The molecule has 0 spiro atoms. The monoisotopic (exact) mass is 231 g/mol. The number of likely N-dealkylation sites (tertiary alicyclic amines) is 1. The van der Waals surface area contributed by atoms with Gasteiger partial charge in [0.1, 0.15) is 6.04 Å². The van der Waals surface area contributed by atoms with Gasteiger partial charge in [0.2, 0.25) is 0 Å². The summed E-state index contributed by atoms with van der Waals surface area (Å²) < 4.78 is 4.62.